The summed E-state index contributed by atoms with van der Waals surface area (Å²) in [5.74, 6) is -3.22. The number of hydrogen-bond acceptors (Lipinski definition) is 5. The van der Waals surface area contributed by atoms with Crippen LogP contribution in [0.3, 0.4) is 0 Å². The summed E-state index contributed by atoms with van der Waals surface area (Å²) in [6.07, 6.45) is 1.54. The number of piperazine rings is 1. The summed E-state index contributed by atoms with van der Waals surface area (Å²) >= 11 is 0. The molecule has 3 rings (SSSR count). The first-order chi connectivity index (χ1) is 12.5. The zero-order valence-electron chi connectivity index (χ0n) is 14.1. The molecule has 0 aliphatic carbocycles. The topological polar surface area (TPSA) is 111 Å². The number of carboxylic acid groups (broad SMARTS) is 2. The Labute approximate surface area is 150 Å². The van der Waals surface area contributed by atoms with Gasteiger partial charge in [0.25, 0.3) is 5.91 Å². The first kappa shape index (κ1) is 19.2. The SMILES string of the molecule is O=C(O)C(=O)O.O=C(c1ccco1)N1CCN(Cc2ccccc2)CC1. The van der Waals surface area contributed by atoms with E-state index in [1.54, 1.807) is 18.4 Å². The molecule has 8 nitrogen and oxygen atoms in total. The van der Waals surface area contributed by atoms with Crippen molar-refractivity contribution in [3.8, 4) is 0 Å². The van der Waals surface area contributed by atoms with Crippen LogP contribution in [-0.2, 0) is 16.1 Å². The lowest BCUT2D eigenvalue weighted by Crippen LogP contribution is -2.48. The molecule has 2 aromatic rings. The quantitative estimate of drug-likeness (QED) is 0.796. The third-order valence-electron chi connectivity index (χ3n) is 3.82. The molecule has 1 aromatic carbocycles. The summed E-state index contributed by atoms with van der Waals surface area (Å²) in [7, 11) is 0. The van der Waals surface area contributed by atoms with Crippen molar-refractivity contribution in [2.45, 2.75) is 6.54 Å². The van der Waals surface area contributed by atoms with Gasteiger partial charge in [-0.25, -0.2) is 9.59 Å². The molecule has 138 valence electrons. The third-order valence-corrected chi connectivity index (χ3v) is 3.82. The molecule has 1 saturated heterocycles. The first-order valence-electron chi connectivity index (χ1n) is 8.02. The summed E-state index contributed by atoms with van der Waals surface area (Å²) in [6.45, 7) is 4.27. The molecule has 26 heavy (non-hydrogen) atoms. The predicted molar refractivity (Wildman–Crippen MR) is 91.6 cm³/mol. The second-order valence-electron chi connectivity index (χ2n) is 5.64. The molecule has 1 aromatic heterocycles. The summed E-state index contributed by atoms with van der Waals surface area (Å²) < 4.78 is 5.17. The van der Waals surface area contributed by atoms with Crippen molar-refractivity contribution in [2.75, 3.05) is 26.2 Å². The van der Waals surface area contributed by atoms with Gasteiger partial charge in [0.1, 0.15) is 0 Å². The largest absolute Gasteiger partial charge is 0.473 e. The molecule has 1 aliphatic rings. The second-order valence-corrected chi connectivity index (χ2v) is 5.64. The monoisotopic (exact) mass is 360 g/mol. The lowest BCUT2D eigenvalue weighted by atomic mass is 10.2. The molecule has 2 heterocycles. The molecular weight excluding hydrogens is 340 g/mol. The molecule has 1 fully saturated rings. The fraction of sp³-hybridized carbons (Fsp3) is 0.278. The number of nitrogens with zero attached hydrogens (tertiary/aromatic N) is 2. The summed E-state index contributed by atoms with van der Waals surface area (Å²) in [5, 5.41) is 14.8. The van der Waals surface area contributed by atoms with Gasteiger partial charge in [-0.05, 0) is 17.7 Å². The minimum Gasteiger partial charge on any atom is -0.473 e. The van der Waals surface area contributed by atoms with Crippen LogP contribution in [0.15, 0.2) is 53.1 Å². The molecule has 0 atom stereocenters. The van der Waals surface area contributed by atoms with Crippen LogP contribution >= 0.6 is 0 Å². The van der Waals surface area contributed by atoms with Crippen LogP contribution in [0.4, 0.5) is 0 Å². The average Bonchev–Trinajstić information content (AvgIpc) is 3.18. The standard InChI is InChI=1S/C16H18N2O2.C2H2O4/c19-16(15-7-4-12-20-15)18-10-8-17(9-11-18)13-14-5-2-1-3-6-14;3-1(4)2(5)6/h1-7,12H,8-11,13H2;(H,3,4)(H,5,6). The Bertz CT molecular complexity index is 709. The van der Waals surface area contributed by atoms with Crippen LogP contribution in [0.5, 0.6) is 0 Å². The first-order valence-corrected chi connectivity index (χ1v) is 8.02. The van der Waals surface area contributed by atoms with E-state index < -0.39 is 11.9 Å². The van der Waals surface area contributed by atoms with Crippen molar-refractivity contribution < 1.29 is 29.0 Å². The molecule has 0 spiro atoms. The number of carbonyl (C=O) groups excluding carboxylic acids is 1. The Morgan fingerprint density at radius 2 is 1.50 bits per heavy atom. The van der Waals surface area contributed by atoms with Crippen LogP contribution in [0.2, 0.25) is 0 Å². The fourth-order valence-corrected chi connectivity index (χ4v) is 2.51. The molecular formula is C18H20N2O6. The maximum atomic E-state index is 12.1. The third kappa shape index (κ3) is 5.75. The van der Waals surface area contributed by atoms with Gasteiger partial charge in [-0.2, -0.15) is 0 Å². The highest BCUT2D eigenvalue weighted by molar-refractivity contribution is 6.27. The van der Waals surface area contributed by atoms with Gasteiger partial charge in [-0.3, -0.25) is 9.69 Å². The van der Waals surface area contributed by atoms with Crippen LogP contribution in [-0.4, -0.2) is 64.0 Å². The summed E-state index contributed by atoms with van der Waals surface area (Å²) in [4.78, 5) is 34.6. The van der Waals surface area contributed by atoms with Gasteiger partial charge in [-0.15, -0.1) is 0 Å². The van der Waals surface area contributed by atoms with Gasteiger partial charge < -0.3 is 19.5 Å². The molecule has 0 radical (unpaired) electrons. The van der Waals surface area contributed by atoms with E-state index in [4.69, 9.17) is 24.2 Å². The van der Waals surface area contributed by atoms with Gasteiger partial charge >= 0.3 is 11.9 Å². The van der Waals surface area contributed by atoms with Gasteiger partial charge in [0.05, 0.1) is 6.26 Å². The average molecular weight is 360 g/mol. The van der Waals surface area contributed by atoms with E-state index in [0.29, 0.717) is 5.76 Å². The fourth-order valence-electron chi connectivity index (χ4n) is 2.51. The van der Waals surface area contributed by atoms with E-state index in [1.807, 2.05) is 11.0 Å². The number of carbonyl (C=O) groups is 3. The number of amides is 1. The number of furan rings is 1. The second kappa shape index (κ2) is 9.38. The van der Waals surface area contributed by atoms with Gasteiger partial charge in [0, 0.05) is 32.7 Å². The minimum absolute atomic E-state index is 0.00522. The van der Waals surface area contributed by atoms with Crippen LogP contribution in [0, 0.1) is 0 Å². The van der Waals surface area contributed by atoms with E-state index in [9.17, 15) is 4.79 Å². The Morgan fingerprint density at radius 1 is 0.885 bits per heavy atom. The maximum Gasteiger partial charge on any atom is 0.414 e. The van der Waals surface area contributed by atoms with Crippen molar-refractivity contribution in [1.82, 2.24) is 9.80 Å². The zero-order chi connectivity index (χ0) is 18.9. The van der Waals surface area contributed by atoms with Gasteiger partial charge in [-0.1, -0.05) is 30.3 Å². The molecule has 1 amide bonds. The van der Waals surface area contributed by atoms with Crippen molar-refractivity contribution in [3.05, 3.63) is 60.1 Å². The summed E-state index contributed by atoms with van der Waals surface area (Å²) in [6, 6.07) is 13.9. The minimum atomic E-state index is -1.82. The van der Waals surface area contributed by atoms with Crippen molar-refractivity contribution in [1.29, 1.82) is 0 Å². The van der Waals surface area contributed by atoms with E-state index >= 15 is 0 Å². The number of carboxylic acids is 2. The Morgan fingerprint density at radius 3 is 2.00 bits per heavy atom. The lowest BCUT2D eigenvalue weighted by Gasteiger charge is -2.34. The lowest BCUT2D eigenvalue weighted by molar-refractivity contribution is -0.159. The van der Waals surface area contributed by atoms with E-state index in [-0.39, 0.29) is 5.91 Å². The van der Waals surface area contributed by atoms with Crippen LogP contribution < -0.4 is 0 Å². The Balaban J connectivity index is 0.000000352. The molecule has 8 heteroatoms. The maximum absolute atomic E-state index is 12.1. The number of rotatable bonds is 3. The van der Waals surface area contributed by atoms with Crippen LogP contribution in [0.1, 0.15) is 16.1 Å². The molecule has 0 saturated carbocycles. The molecule has 1 aliphatic heterocycles. The summed E-state index contributed by atoms with van der Waals surface area (Å²) in [5.41, 5.74) is 1.32. The highest BCUT2D eigenvalue weighted by Gasteiger charge is 2.23. The highest BCUT2D eigenvalue weighted by atomic mass is 16.4. The Kier molecular flexibility index (Phi) is 6.92. The Hall–Kier alpha value is -3.13. The molecule has 0 unspecified atom stereocenters. The normalized spacial score (nSPS) is 14.2. The van der Waals surface area contributed by atoms with Crippen molar-refractivity contribution in [3.63, 3.8) is 0 Å². The molecule has 0 bridgehead atoms. The van der Waals surface area contributed by atoms with E-state index in [1.165, 1.54) is 5.56 Å². The number of aliphatic carboxylic acids is 2. The van der Waals surface area contributed by atoms with Crippen LogP contribution in [0.25, 0.3) is 0 Å². The smallest absolute Gasteiger partial charge is 0.414 e. The van der Waals surface area contributed by atoms with E-state index in [2.05, 4.69) is 29.2 Å². The number of benzene rings is 1. The van der Waals surface area contributed by atoms with Crippen molar-refractivity contribution >= 4 is 17.8 Å². The predicted octanol–water partition coefficient (Wildman–Crippen LogP) is 1.39. The van der Waals surface area contributed by atoms with Gasteiger partial charge in [0.15, 0.2) is 5.76 Å². The highest BCUT2D eigenvalue weighted by Crippen LogP contribution is 2.11. The molecule has 2 N–H and O–H groups in total. The van der Waals surface area contributed by atoms with E-state index in [0.717, 1.165) is 32.7 Å². The number of hydrogen-bond donors (Lipinski definition) is 2. The van der Waals surface area contributed by atoms with Gasteiger partial charge in [0.2, 0.25) is 0 Å². The van der Waals surface area contributed by atoms with Crippen molar-refractivity contribution in [2.24, 2.45) is 0 Å². The zero-order valence-corrected chi connectivity index (χ0v) is 14.1.